The van der Waals surface area contributed by atoms with Crippen molar-refractivity contribution >= 4 is 18.0 Å². The first-order valence-electron chi connectivity index (χ1n) is 10.2. The third-order valence-electron chi connectivity index (χ3n) is 5.01. The van der Waals surface area contributed by atoms with Gasteiger partial charge in [0.05, 0.1) is 13.2 Å². The second-order valence-electron chi connectivity index (χ2n) is 7.16. The minimum Gasteiger partial charge on any atom is -0.493 e. The molecule has 0 unspecified atom stereocenters. The molecule has 1 aliphatic carbocycles. The Balaban J connectivity index is 1.50. The van der Waals surface area contributed by atoms with E-state index >= 15 is 0 Å². The molecular formula is C25H27NO5. The van der Waals surface area contributed by atoms with Gasteiger partial charge in [-0.15, -0.1) is 0 Å². The maximum absolute atomic E-state index is 12.3. The van der Waals surface area contributed by atoms with Crippen molar-refractivity contribution in [2.45, 2.75) is 25.3 Å². The van der Waals surface area contributed by atoms with E-state index in [0.717, 1.165) is 30.4 Å². The molecule has 1 atom stereocenters. The van der Waals surface area contributed by atoms with Gasteiger partial charge in [-0.2, -0.15) is 0 Å². The highest BCUT2D eigenvalue weighted by atomic mass is 16.5. The molecule has 6 heteroatoms. The van der Waals surface area contributed by atoms with Crippen molar-refractivity contribution in [1.29, 1.82) is 0 Å². The number of carbonyl (C=O) groups is 2. The lowest BCUT2D eigenvalue weighted by molar-refractivity contribution is -0.144. The van der Waals surface area contributed by atoms with Crippen LogP contribution in [0.3, 0.4) is 0 Å². The van der Waals surface area contributed by atoms with Crippen molar-refractivity contribution < 1.29 is 23.8 Å². The van der Waals surface area contributed by atoms with Gasteiger partial charge in [-0.25, -0.2) is 4.79 Å². The number of esters is 1. The Kier molecular flexibility index (Phi) is 7.87. The third-order valence-corrected chi connectivity index (χ3v) is 5.01. The molecule has 0 spiro atoms. The molecule has 0 aliphatic heterocycles. The molecule has 1 amide bonds. The molecule has 2 aromatic carbocycles. The van der Waals surface area contributed by atoms with Gasteiger partial charge < -0.3 is 19.5 Å². The molecule has 162 valence electrons. The summed E-state index contributed by atoms with van der Waals surface area (Å²) in [5.74, 6) is 0.228. The fourth-order valence-corrected chi connectivity index (χ4v) is 3.54. The second-order valence-corrected chi connectivity index (χ2v) is 7.16. The van der Waals surface area contributed by atoms with Crippen LogP contribution in [0.2, 0.25) is 0 Å². The molecule has 3 rings (SSSR count). The monoisotopic (exact) mass is 421 g/mol. The van der Waals surface area contributed by atoms with E-state index in [-0.39, 0.29) is 18.6 Å². The van der Waals surface area contributed by atoms with Gasteiger partial charge in [-0.05, 0) is 54.2 Å². The van der Waals surface area contributed by atoms with Crippen LogP contribution >= 0.6 is 0 Å². The van der Waals surface area contributed by atoms with E-state index in [4.69, 9.17) is 14.2 Å². The molecule has 2 aromatic rings. The molecule has 0 aromatic heterocycles. The lowest BCUT2D eigenvalue weighted by Crippen LogP contribution is -2.34. The molecule has 0 saturated heterocycles. The summed E-state index contributed by atoms with van der Waals surface area (Å²) in [6.07, 6.45) is 7.44. The van der Waals surface area contributed by atoms with Crippen molar-refractivity contribution in [3.8, 4) is 11.5 Å². The molecule has 6 nitrogen and oxygen atoms in total. The van der Waals surface area contributed by atoms with Gasteiger partial charge in [0.15, 0.2) is 18.1 Å². The highest BCUT2D eigenvalue weighted by molar-refractivity contribution is 5.89. The van der Waals surface area contributed by atoms with Crippen molar-refractivity contribution in [1.82, 2.24) is 5.32 Å². The van der Waals surface area contributed by atoms with Gasteiger partial charge >= 0.3 is 5.97 Å². The molecule has 31 heavy (non-hydrogen) atoms. The summed E-state index contributed by atoms with van der Waals surface area (Å²) in [7, 11) is 1.54. The number of ether oxygens (including phenoxy) is 3. The number of fused-ring (bicyclic) bond motifs is 1. The Morgan fingerprint density at radius 2 is 2.03 bits per heavy atom. The number of methoxy groups -OCH3 is 1. The number of nitrogens with one attached hydrogen (secondary N) is 1. The van der Waals surface area contributed by atoms with Crippen molar-refractivity contribution in [2.24, 2.45) is 0 Å². The van der Waals surface area contributed by atoms with Crippen LogP contribution < -0.4 is 14.8 Å². The van der Waals surface area contributed by atoms with Crippen LogP contribution in [0.4, 0.5) is 0 Å². The van der Waals surface area contributed by atoms with Crippen molar-refractivity contribution in [3.63, 3.8) is 0 Å². The standard InChI is InChI=1S/C25H27NO5/c1-3-15-30-22-13-11-18(16-23(22)29-2)12-14-25(28)31-17-24(27)26-21-10-6-8-19-7-4-5-9-20(19)21/h3-5,7,9,11-14,16,21H,1,6,8,10,15,17H2,2H3,(H,26,27)/b14-12+/t21-/m0/s1. The van der Waals surface area contributed by atoms with E-state index in [2.05, 4.69) is 18.0 Å². The van der Waals surface area contributed by atoms with E-state index in [1.807, 2.05) is 18.2 Å². The lowest BCUT2D eigenvalue weighted by atomic mass is 9.88. The summed E-state index contributed by atoms with van der Waals surface area (Å²) < 4.78 is 15.9. The predicted molar refractivity (Wildman–Crippen MR) is 119 cm³/mol. The largest absolute Gasteiger partial charge is 0.493 e. The van der Waals surface area contributed by atoms with E-state index in [1.54, 1.807) is 37.5 Å². The minimum absolute atomic E-state index is 0.0408. The molecule has 0 bridgehead atoms. The summed E-state index contributed by atoms with van der Waals surface area (Å²) in [6, 6.07) is 13.4. The Hall–Kier alpha value is -3.54. The zero-order chi connectivity index (χ0) is 22.1. The SMILES string of the molecule is C=CCOc1ccc(/C=C/C(=O)OCC(=O)N[C@H]2CCCc3ccccc32)cc1OC. The number of hydrogen-bond donors (Lipinski definition) is 1. The average molecular weight is 421 g/mol. The van der Waals surface area contributed by atoms with E-state index in [9.17, 15) is 9.59 Å². The summed E-state index contributed by atoms with van der Waals surface area (Å²) in [5, 5.41) is 2.96. The fraction of sp³-hybridized carbons (Fsp3) is 0.280. The fourth-order valence-electron chi connectivity index (χ4n) is 3.54. The van der Waals surface area contributed by atoms with E-state index in [0.29, 0.717) is 18.1 Å². The first-order chi connectivity index (χ1) is 15.1. The maximum Gasteiger partial charge on any atom is 0.331 e. The van der Waals surface area contributed by atoms with Crippen molar-refractivity contribution in [2.75, 3.05) is 20.3 Å². The Labute approximate surface area is 182 Å². The predicted octanol–water partition coefficient (Wildman–Crippen LogP) is 4.01. The van der Waals surface area contributed by atoms with Gasteiger partial charge in [-0.3, -0.25) is 4.79 Å². The van der Waals surface area contributed by atoms with Crippen LogP contribution in [0.25, 0.3) is 6.08 Å². The van der Waals surface area contributed by atoms with Gasteiger partial charge in [-0.1, -0.05) is 43.0 Å². The van der Waals surface area contributed by atoms with E-state index < -0.39 is 5.97 Å². The summed E-state index contributed by atoms with van der Waals surface area (Å²) in [4.78, 5) is 24.3. The van der Waals surface area contributed by atoms with Crippen LogP contribution in [-0.2, 0) is 20.7 Å². The number of benzene rings is 2. The maximum atomic E-state index is 12.3. The molecule has 0 saturated carbocycles. The van der Waals surface area contributed by atoms with Crippen LogP contribution in [0.15, 0.2) is 61.2 Å². The zero-order valence-electron chi connectivity index (χ0n) is 17.6. The Morgan fingerprint density at radius 3 is 2.84 bits per heavy atom. The zero-order valence-corrected chi connectivity index (χ0v) is 17.6. The Morgan fingerprint density at radius 1 is 1.19 bits per heavy atom. The molecular weight excluding hydrogens is 394 g/mol. The van der Waals surface area contributed by atoms with Gasteiger partial charge in [0, 0.05) is 6.08 Å². The highest BCUT2D eigenvalue weighted by Crippen LogP contribution is 2.30. The normalized spacial score (nSPS) is 15.1. The molecule has 0 radical (unpaired) electrons. The quantitative estimate of drug-likeness (QED) is 0.376. The lowest BCUT2D eigenvalue weighted by Gasteiger charge is -2.26. The minimum atomic E-state index is -0.592. The second kappa shape index (κ2) is 11.0. The van der Waals surface area contributed by atoms with Crippen LogP contribution in [-0.4, -0.2) is 32.2 Å². The number of amides is 1. The summed E-state index contributed by atoms with van der Waals surface area (Å²) >= 11 is 0. The first-order valence-corrected chi connectivity index (χ1v) is 10.2. The number of carbonyl (C=O) groups excluding carboxylic acids is 2. The average Bonchev–Trinajstić information content (AvgIpc) is 2.80. The van der Waals surface area contributed by atoms with Gasteiger partial charge in [0.25, 0.3) is 5.91 Å². The number of rotatable bonds is 9. The van der Waals surface area contributed by atoms with Crippen LogP contribution in [0.1, 0.15) is 35.6 Å². The Bertz CT molecular complexity index is 966. The van der Waals surface area contributed by atoms with Crippen LogP contribution in [0, 0.1) is 0 Å². The smallest absolute Gasteiger partial charge is 0.331 e. The third kappa shape index (κ3) is 6.22. The van der Waals surface area contributed by atoms with Gasteiger partial charge in [0.2, 0.25) is 0 Å². The molecule has 0 heterocycles. The molecule has 1 aliphatic rings. The summed E-state index contributed by atoms with van der Waals surface area (Å²) in [5.41, 5.74) is 3.14. The first kappa shape index (κ1) is 22.2. The van der Waals surface area contributed by atoms with Crippen LogP contribution in [0.5, 0.6) is 11.5 Å². The highest BCUT2D eigenvalue weighted by Gasteiger charge is 2.21. The molecule has 0 fully saturated rings. The topological polar surface area (TPSA) is 73.9 Å². The number of aryl methyl sites for hydroxylation is 1. The molecule has 1 N–H and O–H groups in total. The number of hydrogen-bond acceptors (Lipinski definition) is 5. The van der Waals surface area contributed by atoms with Crippen molar-refractivity contribution in [3.05, 3.63) is 77.9 Å². The summed E-state index contributed by atoms with van der Waals surface area (Å²) in [6.45, 7) is 3.66. The van der Waals surface area contributed by atoms with Gasteiger partial charge in [0.1, 0.15) is 6.61 Å². The van der Waals surface area contributed by atoms with E-state index in [1.165, 1.54) is 11.6 Å².